The number of ether oxygens (including phenoxy) is 1. The van der Waals surface area contributed by atoms with Gasteiger partial charge in [-0.3, -0.25) is 14.9 Å². The minimum Gasteiger partial charge on any atom is -0.490 e. The number of rotatable bonds is 3. The Hall–Kier alpha value is -2.31. The van der Waals surface area contributed by atoms with E-state index in [-0.39, 0.29) is 17.3 Å². The molecule has 2 saturated heterocycles. The van der Waals surface area contributed by atoms with Gasteiger partial charge in [0.15, 0.2) is 5.75 Å². The number of hydrogen-bond donors (Lipinski definition) is 0. The molecule has 7 nitrogen and oxygen atoms in total. The molecule has 2 aliphatic rings. The Bertz CT molecular complexity index is 605. The van der Waals surface area contributed by atoms with Crippen molar-refractivity contribution in [3.63, 3.8) is 0 Å². The molecule has 1 aromatic carbocycles. The zero-order chi connectivity index (χ0) is 15.9. The molecular weight excluding hydrogens is 286 g/mol. The molecule has 0 saturated carbocycles. The van der Waals surface area contributed by atoms with Gasteiger partial charge in [-0.2, -0.15) is 0 Å². The number of fused-ring (bicyclic) bond motifs is 1. The van der Waals surface area contributed by atoms with Crippen molar-refractivity contribution < 1.29 is 14.5 Å². The van der Waals surface area contributed by atoms with Crippen LogP contribution in [0.5, 0.6) is 5.75 Å². The molecule has 0 aromatic heterocycles. The highest BCUT2D eigenvalue weighted by molar-refractivity contribution is 5.73. The average Bonchev–Trinajstić information content (AvgIpc) is 3.04. The lowest BCUT2D eigenvalue weighted by molar-refractivity contribution is -0.385. The summed E-state index contributed by atoms with van der Waals surface area (Å²) in [5.41, 5.74) is 0.916. The van der Waals surface area contributed by atoms with Gasteiger partial charge in [-0.25, -0.2) is 0 Å². The second-order valence-electron chi connectivity index (χ2n) is 5.96. The number of benzene rings is 1. The SMILES string of the molecule is COc1cc(N2C[C@H]3CN(C(C)=O)C[C@H]3C2)ccc1[N+](=O)[O-]. The summed E-state index contributed by atoms with van der Waals surface area (Å²) in [6, 6.07) is 4.98. The number of amides is 1. The third-order valence-corrected chi connectivity index (χ3v) is 4.66. The maximum absolute atomic E-state index is 11.4. The Morgan fingerprint density at radius 1 is 1.27 bits per heavy atom. The van der Waals surface area contributed by atoms with Crippen LogP contribution in [-0.2, 0) is 4.79 Å². The second-order valence-corrected chi connectivity index (χ2v) is 5.96. The average molecular weight is 305 g/mol. The molecule has 2 heterocycles. The third kappa shape index (κ3) is 2.47. The van der Waals surface area contributed by atoms with Gasteiger partial charge in [0.1, 0.15) is 0 Å². The molecule has 0 bridgehead atoms. The molecule has 0 radical (unpaired) electrons. The summed E-state index contributed by atoms with van der Waals surface area (Å²) in [5, 5.41) is 10.9. The van der Waals surface area contributed by atoms with Crippen LogP contribution < -0.4 is 9.64 Å². The van der Waals surface area contributed by atoms with Crippen LogP contribution in [0.1, 0.15) is 6.92 Å². The summed E-state index contributed by atoms with van der Waals surface area (Å²) >= 11 is 0. The Morgan fingerprint density at radius 3 is 2.41 bits per heavy atom. The number of methoxy groups -OCH3 is 1. The molecule has 7 heteroatoms. The highest BCUT2D eigenvalue weighted by atomic mass is 16.6. The van der Waals surface area contributed by atoms with E-state index in [4.69, 9.17) is 4.74 Å². The van der Waals surface area contributed by atoms with Gasteiger partial charge in [-0.05, 0) is 6.07 Å². The van der Waals surface area contributed by atoms with Crippen LogP contribution in [0.15, 0.2) is 18.2 Å². The molecule has 1 amide bonds. The van der Waals surface area contributed by atoms with Crippen molar-refractivity contribution in [1.82, 2.24) is 4.90 Å². The van der Waals surface area contributed by atoms with E-state index in [9.17, 15) is 14.9 Å². The van der Waals surface area contributed by atoms with Crippen molar-refractivity contribution in [2.24, 2.45) is 11.8 Å². The molecule has 0 spiro atoms. The standard InChI is InChI=1S/C15H19N3O4/c1-10(19)16-6-11-8-17(9-12(11)7-16)13-3-4-14(18(20)21)15(5-13)22-2/h3-5,11-12H,6-9H2,1-2H3/t11-,12+. The molecule has 2 fully saturated rings. The molecule has 0 unspecified atom stereocenters. The van der Waals surface area contributed by atoms with E-state index < -0.39 is 4.92 Å². The van der Waals surface area contributed by atoms with E-state index in [2.05, 4.69) is 4.90 Å². The van der Waals surface area contributed by atoms with Gasteiger partial charge >= 0.3 is 5.69 Å². The first-order valence-corrected chi connectivity index (χ1v) is 7.32. The first kappa shape index (κ1) is 14.6. The molecule has 0 N–H and O–H groups in total. The summed E-state index contributed by atoms with van der Waals surface area (Å²) < 4.78 is 5.13. The summed E-state index contributed by atoms with van der Waals surface area (Å²) in [6.07, 6.45) is 0. The number of likely N-dealkylation sites (tertiary alicyclic amines) is 1. The molecule has 1 aromatic rings. The van der Waals surface area contributed by atoms with Crippen LogP contribution in [0.4, 0.5) is 11.4 Å². The summed E-state index contributed by atoms with van der Waals surface area (Å²) in [7, 11) is 1.44. The van der Waals surface area contributed by atoms with E-state index >= 15 is 0 Å². The van der Waals surface area contributed by atoms with Gasteiger partial charge in [-0.15, -0.1) is 0 Å². The first-order valence-electron chi connectivity index (χ1n) is 7.32. The third-order valence-electron chi connectivity index (χ3n) is 4.66. The number of carbonyl (C=O) groups is 1. The Balaban J connectivity index is 1.75. The lowest BCUT2D eigenvalue weighted by Gasteiger charge is -2.22. The summed E-state index contributed by atoms with van der Waals surface area (Å²) in [5.74, 6) is 1.37. The lowest BCUT2D eigenvalue weighted by atomic mass is 10.0. The lowest BCUT2D eigenvalue weighted by Crippen LogP contribution is -2.31. The fourth-order valence-corrected chi connectivity index (χ4v) is 3.47. The fraction of sp³-hybridized carbons (Fsp3) is 0.533. The van der Waals surface area contributed by atoms with E-state index in [0.717, 1.165) is 31.9 Å². The van der Waals surface area contributed by atoms with Crippen LogP contribution >= 0.6 is 0 Å². The van der Waals surface area contributed by atoms with E-state index in [1.807, 2.05) is 4.90 Å². The topological polar surface area (TPSA) is 75.9 Å². The highest BCUT2D eigenvalue weighted by Gasteiger charge is 2.41. The number of carbonyl (C=O) groups excluding carboxylic acids is 1. The molecule has 22 heavy (non-hydrogen) atoms. The predicted molar refractivity (Wildman–Crippen MR) is 81.1 cm³/mol. The molecular formula is C15H19N3O4. The second kappa shape index (κ2) is 5.47. The van der Waals surface area contributed by atoms with Gasteiger partial charge < -0.3 is 14.5 Å². The zero-order valence-electron chi connectivity index (χ0n) is 12.7. The van der Waals surface area contributed by atoms with Crippen LogP contribution in [0.3, 0.4) is 0 Å². The Kier molecular flexibility index (Phi) is 3.64. The largest absolute Gasteiger partial charge is 0.490 e. The maximum Gasteiger partial charge on any atom is 0.311 e. The highest BCUT2D eigenvalue weighted by Crippen LogP contribution is 2.37. The van der Waals surface area contributed by atoms with Crippen LogP contribution in [0.25, 0.3) is 0 Å². The van der Waals surface area contributed by atoms with Gasteiger partial charge in [0.2, 0.25) is 5.91 Å². The monoisotopic (exact) mass is 305 g/mol. The first-order chi connectivity index (χ1) is 10.5. The Labute approximate surface area is 128 Å². The van der Waals surface area contributed by atoms with Gasteiger partial charge in [-0.1, -0.05) is 0 Å². The number of nitro groups is 1. The number of hydrogen-bond acceptors (Lipinski definition) is 5. The minimum absolute atomic E-state index is 0.0200. The molecule has 2 atom stereocenters. The van der Waals surface area contributed by atoms with Crippen molar-refractivity contribution in [2.45, 2.75) is 6.92 Å². The van der Waals surface area contributed by atoms with Crippen molar-refractivity contribution in [1.29, 1.82) is 0 Å². The van der Waals surface area contributed by atoms with Crippen molar-refractivity contribution in [3.05, 3.63) is 28.3 Å². The van der Waals surface area contributed by atoms with Gasteiger partial charge in [0.25, 0.3) is 0 Å². The van der Waals surface area contributed by atoms with Crippen LogP contribution in [0, 0.1) is 22.0 Å². The normalized spacial score (nSPS) is 23.5. The number of anilines is 1. The van der Waals surface area contributed by atoms with Crippen molar-refractivity contribution in [2.75, 3.05) is 38.2 Å². The summed E-state index contributed by atoms with van der Waals surface area (Å²) in [4.78, 5) is 26.1. The molecule has 3 rings (SSSR count). The number of nitro benzene ring substituents is 1. The smallest absolute Gasteiger partial charge is 0.311 e. The Morgan fingerprint density at radius 2 is 1.91 bits per heavy atom. The molecule has 2 aliphatic heterocycles. The summed E-state index contributed by atoms with van der Waals surface area (Å²) in [6.45, 7) is 4.96. The van der Waals surface area contributed by atoms with E-state index in [0.29, 0.717) is 11.8 Å². The predicted octanol–water partition coefficient (Wildman–Crippen LogP) is 1.52. The molecule has 0 aliphatic carbocycles. The maximum atomic E-state index is 11.4. The van der Waals surface area contributed by atoms with Crippen LogP contribution in [-0.4, -0.2) is 49.0 Å². The van der Waals surface area contributed by atoms with Gasteiger partial charge in [0.05, 0.1) is 12.0 Å². The molecule has 118 valence electrons. The van der Waals surface area contributed by atoms with Crippen molar-refractivity contribution in [3.8, 4) is 5.75 Å². The van der Waals surface area contributed by atoms with E-state index in [1.165, 1.54) is 13.2 Å². The van der Waals surface area contributed by atoms with Crippen LogP contribution in [0.2, 0.25) is 0 Å². The quantitative estimate of drug-likeness (QED) is 0.625. The fourth-order valence-electron chi connectivity index (χ4n) is 3.47. The van der Waals surface area contributed by atoms with Gasteiger partial charge in [0, 0.05) is 62.8 Å². The zero-order valence-corrected chi connectivity index (χ0v) is 12.7. The number of nitrogens with zero attached hydrogens (tertiary/aromatic N) is 3. The van der Waals surface area contributed by atoms with Crippen molar-refractivity contribution >= 4 is 17.3 Å². The minimum atomic E-state index is -0.438. The van der Waals surface area contributed by atoms with E-state index in [1.54, 1.807) is 19.1 Å².